The normalized spacial score (nSPS) is 32.8. The minimum atomic E-state index is -0.703. The highest BCUT2D eigenvalue weighted by Crippen LogP contribution is 2.43. The van der Waals surface area contributed by atoms with Crippen LogP contribution >= 0.6 is 11.8 Å². The van der Waals surface area contributed by atoms with Crippen LogP contribution in [0.3, 0.4) is 0 Å². The summed E-state index contributed by atoms with van der Waals surface area (Å²) in [7, 11) is 0. The van der Waals surface area contributed by atoms with E-state index in [1.54, 1.807) is 11.8 Å². The molecule has 0 aromatic carbocycles. The van der Waals surface area contributed by atoms with Gasteiger partial charge in [0.25, 0.3) is 0 Å². The average molecular weight is 187 g/mol. The van der Waals surface area contributed by atoms with Gasteiger partial charge in [-0.1, -0.05) is 12.8 Å². The molecule has 0 amide bonds. The lowest BCUT2D eigenvalue weighted by Crippen LogP contribution is -2.43. The molecule has 1 saturated heterocycles. The smallest absolute Gasteiger partial charge is 0.321 e. The first-order valence-corrected chi connectivity index (χ1v) is 5.35. The van der Waals surface area contributed by atoms with Crippen molar-refractivity contribution in [1.82, 2.24) is 5.32 Å². The summed E-state index contributed by atoms with van der Waals surface area (Å²) in [5.41, 5.74) is 0. The zero-order valence-electron chi connectivity index (χ0n) is 6.88. The van der Waals surface area contributed by atoms with Gasteiger partial charge in [0.1, 0.15) is 6.04 Å². The number of aliphatic carboxylic acids is 1. The topological polar surface area (TPSA) is 49.3 Å². The molecule has 12 heavy (non-hydrogen) atoms. The maximum absolute atomic E-state index is 10.7. The number of hydrogen-bond donors (Lipinski definition) is 2. The van der Waals surface area contributed by atoms with Crippen LogP contribution in [0.5, 0.6) is 0 Å². The number of thioether (sulfide) groups is 1. The van der Waals surface area contributed by atoms with E-state index in [2.05, 4.69) is 5.32 Å². The first kappa shape index (κ1) is 8.38. The molecule has 1 atom stereocenters. The molecule has 1 aliphatic carbocycles. The van der Waals surface area contributed by atoms with Crippen LogP contribution in [0, 0.1) is 0 Å². The number of carbonyl (C=O) groups is 1. The first-order chi connectivity index (χ1) is 5.72. The van der Waals surface area contributed by atoms with E-state index in [1.165, 1.54) is 12.8 Å². The van der Waals surface area contributed by atoms with Crippen molar-refractivity contribution in [3.05, 3.63) is 0 Å². The molecule has 0 aromatic rings. The highest BCUT2D eigenvalue weighted by Gasteiger charge is 2.43. The maximum atomic E-state index is 10.7. The van der Waals surface area contributed by atoms with E-state index in [0.29, 0.717) is 0 Å². The van der Waals surface area contributed by atoms with E-state index in [-0.39, 0.29) is 10.9 Å². The van der Waals surface area contributed by atoms with Crippen LogP contribution in [0.2, 0.25) is 0 Å². The van der Waals surface area contributed by atoms with Crippen molar-refractivity contribution < 1.29 is 9.90 Å². The van der Waals surface area contributed by atoms with Crippen molar-refractivity contribution in [2.75, 3.05) is 5.75 Å². The van der Waals surface area contributed by atoms with Gasteiger partial charge in [-0.05, 0) is 12.8 Å². The van der Waals surface area contributed by atoms with Crippen molar-refractivity contribution >= 4 is 17.7 Å². The molecule has 0 bridgehead atoms. The number of carboxylic acid groups (broad SMARTS) is 1. The van der Waals surface area contributed by atoms with Crippen LogP contribution < -0.4 is 5.32 Å². The average Bonchev–Trinajstić information content (AvgIpc) is 2.62. The Balaban J connectivity index is 2.01. The highest BCUT2D eigenvalue weighted by molar-refractivity contribution is 8.01. The standard InChI is InChI=1S/C8H13NO2S/c10-7(11)6-5-12-8(9-6)3-1-2-4-8/h6,9H,1-5H2,(H,10,11)/t6-/m0/s1. The van der Waals surface area contributed by atoms with E-state index in [1.807, 2.05) is 0 Å². The molecule has 3 nitrogen and oxygen atoms in total. The summed E-state index contributed by atoms with van der Waals surface area (Å²) in [5, 5.41) is 12.0. The lowest BCUT2D eigenvalue weighted by atomic mass is 10.2. The van der Waals surface area contributed by atoms with E-state index in [0.717, 1.165) is 18.6 Å². The second-order valence-electron chi connectivity index (χ2n) is 3.55. The zero-order chi connectivity index (χ0) is 8.60. The summed E-state index contributed by atoms with van der Waals surface area (Å²) in [6.07, 6.45) is 4.77. The third kappa shape index (κ3) is 1.33. The molecule has 4 heteroatoms. The van der Waals surface area contributed by atoms with Crippen LogP contribution in [0.25, 0.3) is 0 Å². The molecule has 1 heterocycles. The number of rotatable bonds is 1. The fraction of sp³-hybridized carbons (Fsp3) is 0.875. The molecule has 2 N–H and O–H groups in total. The summed E-state index contributed by atoms with van der Waals surface area (Å²) in [4.78, 5) is 10.8. The van der Waals surface area contributed by atoms with E-state index in [9.17, 15) is 4.79 Å². The predicted octanol–water partition coefficient (Wildman–Crippen LogP) is 1.05. The molecule has 2 rings (SSSR count). The fourth-order valence-electron chi connectivity index (χ4n) is 2.01. The third-order valence-electron chi connectivity index (χ3n) is 2.67. The molecule has 1 spiro atoms. The van der Waals surface area contributed by atoms with Crippen molar-refractivity contribution in [3.63, 3.8) is 0 Å². The van der Waals surface area contributed by atoms with Gasteiger partial charge in [-0.3, -0.25) is 10.1 Å². The molecule has 68 valence electrons. The zero-order valence-corrected chi connectivity index (χ0v) is 7.69. The second-order valence-corrected chi connectivity index (χ2v) is 4.95. The van der Waals surface area contributed by atoms with Crippen LogP contribution in [-0.4, -0.2) is 27.7 Å². The summed E-state index contributed by atoms with van der Waals surface area (Å²) >= 11 is 1.80. The Kier molecular flexibility index (Phi) is 2.04. The van der Waals surface area contributed by atoms with E-state index >= 15 is 0 Å². The lowest BCUT2D eigenvalue weighted by Gasteiger charge is -2.22. The Morgan fingerprint density at radius 1 is 1.50 bits per heavy atom. The molecule has 1 aliphatic heterocycles. The van der Waals surface area contributed by atoms with Gasteiger partial charge in [0.15, 0.2) is 0 Å². The Morgan fingerprint density at radius 2 is 2.17 bits per heavy atom. The largest absolute Gasteiger partial charge is 0.480 e. The van der Waals surface area contributed by atoms with Gasteiger partial charge < -0.3 is 5.11 Å². The minimum Gasteiger partial charge on any atom is -0.480 e. The van der Waals surface area contributed by atoms with Crippen LogP contribution in [0.1, 0.15) is 25.7 Å². The fourth-order valence-corrected chi connectivity index (χ4v) is 3.53. The van der Waals surface area contributed by atoms with Crippen LogP contribution in [0.4, 0.5) is 0 Å². The minimum absolute atomic E-state index is 0.128. The molecular weight excluding hydrogens is 174 g/mol. The Morgan fingerprint density at radius 3 is 2.67 bits per heavy atom. The summed E-state index contributed by atoms with van der Waals surface area (Å²) in [6.45, 7) is 0. The van der Waals surface area contributed by atoms with Crippen molar-refractivity contribution in [1.29, 1.82) is 0 Å². The van der Waals surface area contributed by atoms with Crippen molar-refractivity contribution in [3.8, 4) is 0 Å². The van der Waals surface area contributed by atoms with E-state index in [4.69, 9.17) is 5.11 Å². The maximum Gasteiger partial charge on any atom is 0.321 e. The summed E-state index contributed by atoms with van der Waals surface area (Å²) in [6, 6.07) is -0.312. The SMILES string of the molecule is O=C(O)[C@@H]1CSC2(CCCC2)N1. The molecule has 1 saturated carbocycles. The van der Waals surface area contributed by atoms with Gasteiger partial charge in [-0.25, -0.2) is 0 Å². The molecule has 0 radical (unpaired) electrons. The Hall–Kier alpha value is -0.220. The van der Waals surface area contributed by atoms with Crippen molar-refractivity contribution in [2.45, 2.75) is 36.6 Å². The van der Waals surface area contributed by atoms with Gasteiger partial charge in [0, 0.05) is 5.75 Å². The predicted molar refractivity (Wildman–Crippen MR) is 48.2 cm³/mol. The van der Waals surface area contributed by atoms with Crippen LogP contribution in [0.15, 0.2) is 0 Å². The van der Waals surface area contributed by atoms with Gasteiger partial charge in [0.2, 0.25) is 0 Å². The third-order valence-corrected chi connectivity index (χ3v) is 4.25. The lowest BCUT2D eigenvalue weighted by molar-refractivity contribution is -0.138. The van der Waals surface area contributed by atoms with Gasteiger partial charge in [0.05, 0.1) is 4.87 Å². The molecule has 2 aliphatic rings. The molecule has 0 unspecified atom stereocenters. The number of hydrogen-bond acceptors (Lipinski definition) is 3. The van der Waals surface area contributed by atoms with Crippen molar-refractivity contribution in [2.24, 2.45) is 0 Å². The van der Waals surface area contributed by atoms with Gasteiger partial charge in [-0.2, -0.15) is 0 Å². The second kappa shape index (κ2) is 2.92. The van der Waals surface area contributed by atoms with Gasteiger partial charge in [-0.15, -0.1) is 11.8 Å². The molecule has 2 fully saturated rings. The molecular formula is C8H13NO2S. The number of nitrogens with one attached hydrogen (secondary N) is 1. The highest BCUT2D eigenvalue weighted by atomic mass is 32.2. The van der Waals surface area contributed by atoms with E-state index < -0.39 is 5.97 Å². The summed E-state index contributed by atoms with van der Waals surface area (Å²) in [5.74, 6) is 0.0290. The van der Waals surface area contributed by atoms with Gasteiger partial charge >= 0.3 is 5.97 Å². The number of carboxylic acids is 1. The Labute approximate surface area is 75.9 Å². The monoisotopic (exact) mass is 187 g/mol. The Bertz CT molecular complexity index is 201. The first-order valence-electron chi connectivity index (χ1n) is 4.36. The summed E-state index contributed by atoms with van der Waals surface area (Å²) < 4.78 is 0. The quantitative estimate of drug-likeness (QED) is 0.644. The molecule has 0 aromatic heterocycles. The van der Waals surface area contributed by atoms with Crippen LogP contribution in [-0.2, 0) is 4.79 Å².